The highest BCUT2D eigenvalue weighted by molar-refractivity contribution is 6.03. The Morgan fingerprint density at radius 1 is 0.869 bits per heavy atom. The molecule has 2 unspecified atom stereocenters. The molecule has 8 rings (SSSR count). The van der Waals surface area contributed by atoms with Crippen molar-refractivity contribution in [2.45, 2.75) is 102 Å². The van der Waals surface area contributed by atoms with Crippen LogP contribution in [0.2, 0.25) is 0 Å². The number of nitrogens with zero attached hydrogens (tertiary/aromatic N) is 5. The minimum Gasteiger partial charge on any atom is -0.508 e. The van der Waals surface area contributed by atoms with E-state index in [2.05, 4.69) is 30.8 Å². The molecule has 4 aliphatic heterocycles. The maximum atomic E-state index is 16.3. The van der Waals surface area contributed by atoms with Crippen LogP contribution in [0.1, 0.15) is 64.6 Å². The Kier molecular flexibility index (Phi) is 14.2. The minimum atomic E-state index is -6.66. The maximum absolute atomic E-state index is 16.3. The first-order chi connectivity index (χ1) is 28.8. The van der Waals surface area contributed by atoms with Crippen LogP contribution in [0.3, 0.4) is 0 Å². The number of aromatic nitrogens is 3. The highest BCUT2D eigenvalue weighted by Crippen LogP contribution is 2.56. The van der Waals surface area contributed by atoms with Crippen molar-refractivity contribution in [2.75, 3.05) is 44.7 Å². The van der Waals surface area contributed by atoms with E-state index in [1.807, 2.05) is 27.7 Å². The van der Waals surface area contributed by atoms with Crippen LogP contribution in [0, 0.1) is 24.0 Å². The topological polar surface area (TPSA) is 95.9 Å². The summed E-state index contributed by atoms with van der Waals surface area (Å²) in [6.45, 7) is 10.3. The van der Waals surface area contributed by atoms with Gasteiger partial charge in [0.15, 0.2) is 5.82 Å². The van der Waals surface area contributed by atoms with Gasteiger partial charge in [-0.1, -0.05) is 39.7 Å². The number of aromatic hydroxyl groups is 1. The molecule has 6 heterocycles. The van der Waals surface area contributed by atoms with E-state index in [1.54, 1.807) is 4.90 Å². The average Bonchev–Trinajstić information content (AvgIpc) is 3.78. The van der Waals surface area contributed by atoms with Gasteiger partial charge in [0.25, 0.3) is 0 Å². The second kappa shape index (κ2) is 18.3. The second-order valence-corrected chi connectivity index (χ2v) is 14.2. The molecule has 3 saturated heterocycles. The Hall–Kier alpha value is -4.74. The lowest BCUT2D eigenvalue weighted by Gasteiger charge is -2.39. The van der Waals surface area contributed by atoms with Gasteiger partial charge in [-0.25, -0.2) is 13.8 Å². The van der Waals surface area contributed by atoms with Crippen molar-refractivity contribution in [2.24, 2.45) is 0 Å². The molecule has 4 aliphatic rings. The third-order valence-corrected chi connectivity index (χ3v) is 10.8. The largest absolute Gasteiger partial charge is 0.508 e. The van der Waals surface area contributed by atoms with E-state index in [4.69, 9.17) is 16.1 Å². The van der Waals surface area contributed by atoms with Crippen LogP contribution in [0.4, 0.5) is 54.1 Å². The molecule has 3 atom stereocenters. The summed E-state index contributed by atoms with van der Waals surface area (Å²) in [5.41, 5.74) is -5.32. The van der Waals surface area contributed by atoms with Crippen LogP contribution >= 0.6 is 0 Å². The second-order valence-electron chi connectivity index (χ2n) is 14.2. The van der Waals surface area contributed by atoms with Gasteiger partial charge in [0.05, 0.1) is 29.9 Å². The lowest BCUT2D eigenvalue weighted by Crippen LogP contribution is -2.68. The van der Waals surface area contributed by atoms with Gasteiger partial charge in [0.2, 0.25) is 0 Å². The summed E-state index contributed by atoms with van der Waals surface area (Å²) in [5.74, 6) is 1.53. The van der Waals surface area contributed by atoms with E-state index >= 15 is 4.39 Å². The number of rotatable bonds is 4. The fraction of sp³-hybridized carbons (Fsp3) is 0.537. The zero-order chi connectivity index (χ0) is 45.2. The van der Waals surface area contributed by atoms with Crippen LogP contribution in [-0.2, 0) is 11.2 Å². The molecule has 0 aliphatic carbocycles. The lowest BCUT2D eigenvalue weighted by atomic mass is 9.95. The Labute approximate surface area is 344 Å². The quantitative estimate of drug-likeness (QED) is 0.154. The number of methoxy groups -OCH3 is 1. The maximum Gasteiger partial charge on any atom is 0.435 e. The molecule has 0 amide bonds. The summed E-state index contributed by atoms with van der Waals surface area (Å²) in [5, 5.41) is 15.1. The highest BCUT2D eigenvalue weighted by Gasteiger charge is 2.86. The van der Waals surface area contributed by atoms with E-state index in [1.165, 1.54) is 31.4 Å². The normalized spacial score (nSPS) is 20.2. The molecule has 61 heavy (non-hydrogen) atoms. The summed E-state index contributed by atoms with van der Waals surface area (Å²) in [6, 6.07) is 5.43. The van der Waals surface area contributed by atoms with Crippen molar-refractivity contribution in [3.05, 3.63) is 47.2 Å². The van der Waals surface area contributed by atoms with E-state index in [-0.39, 0.29) is 59.1 Å². The zero-order valence-electron chi connectivity index (χ0n) is 33.8. The van der Waals surface area contributed by atoms with Crippen molar-refractivity contribution >= 4 is 27.5 Å². The zero-order valence-corrected chi connectivity index (χ0v) is 33.8. The van der Waals surface area contributed by atoms with Gasteiger partial charge in [-0.3, -0.25) is 4.90 Å². The number of piperazine rings is 1. The third-order valence-electron chi connectivity index (χ3n) is 10.8. The molecule has 9 nitrogen and oxygen atoms in total. The summed E-state index contributed by atoms with van der Waals surface area (Å²) < 4.78 is 155. The molecular formula is C41H45F11N6O3. The molecule has 0 bridgehead atoms. The number of phenols is 1. The number of anilines is 1. The van der Waals surface area contributed by atoms with Gasteiger partial charge in [0, 0.05) is 49.2 Å². The molecule has 334 valence electrons. The molecule has 4 aromatic rings. The van der Waals surface area contributed by atoms with Crippen LogP contribution in [0.25, 0.3) is 32.9 Å². The van der Waals surface area contributed by atoms with Gasteiger partial charge in [-0.05, 0) is 62.2 Å². The predicted molar refractivity (Wildman–Crippen MR) is 206 cm³/mol. The van der Waals surface area contributed by atoms with E-state index in [0.717, 1.165) is 19.5 Å². The number of terminal acetylenes is 1. The molecule has 20 heteroatoms. The number of hydrogen-bond donors (Lipinski definition) is 2. The van der Waals surface area contributed by atoms with Gasteiger partial charge in [-0.2, -0.15) is 49.5 Å². The standard InChI is InChI=1S/C26H21F2N5O2.C11H12F9NO.2C2H6/c1-3-16-18(27)6-4-13-10-15(34)11-17(20(13)16)23-22(28)24-21-19(30-23)7-5-14-12-29-8-9-33(14)25(21)32-26(31-24)35-2;12-9(13,14)8(10(15,16)17,11(18,19)20)22-7-4-6-2-1-3-21(6)5-7;2*1-2/h1,4,6,10-11,14,29,34H,5,7-9,12H2,2H3;6-7H,1-5H2;2*1-2H3/t;6?,7-;;/m.1../s1. The molecule has 3 fully saturated rings. The number of alkyl halides is 9. The van der Waals surface area contributed by atoms with Crippen molar-refractivity contribution in [3.63, 3.8) is 0 Å². The number of aryl methyl sites for hydroxylation is 1. The first-order valence-corrected chi connectivity index (χ1v) is 19.7. The van der Waals surface area contributed by atoms with Crippen LogP contribution in [0.15, 0.2) is 24.3 Å². The molecular weight excluding hydrogens is 833 g/mol. The third kappa shape index (κ3) is 8.70. The molecule has 2 aromatic carbocycles. The fourth-order valence-corrected chi connectivity index (χ4v) is 8.28. The lowest BCUT2D eigenvalue weighted by molar-refractivity contribution is -0.463. The molecule has 2 aromatic heterocycles. The summed E-state index contributed by atoms with van der Waals surface area (Å²) in [4.78, 5) is 17.4. The smallest absolute Gasteiger partial charge is 0.435 e. The first-order valence-electron chi connectivity index (χ1n) is 19.7. The highest BCUT2D eigenvalue weighted by atomic mass is 19.4. The molecule has 2 N–H and O–H groups in total. The van der Waals surface area contributed by atoms with E-state index < -0.39 is 41.9 Å². The summed E-state index contributed by atoms with van der Waals surface area (Å²) >= 11 is 0. The van der Waals surface area contributed by atoms with Crippen LogP contribution in [0.5, 0.6) is 11.8 Å². The molecule has 0 radical (unpaired) electrons. The Morgan fingerprint density at radius 3 is 2.15 bits per heavy atom. The Balaban J connectivity index is 0.000000234. The predicted octanol–water partition coefficient (Wildman–Crippen LogP) is 9.26. The minimum absolute atomic E-state index is 0.0196. The fourth-order valence-electron chi connectivity index (χ4n) is 8.28. The molecule has 0 saturated carbocycles. The van der Waals surface area contributed by atoms with Gasteiger partial charge >= 0.3 is 30.1 Å². The van der Waals surface area contributed by atoms with Crippen molar-refractivity contribution in [1.29, 1.82) is 0 Å². The van der Waals surface area contributed by atoms with E-state index in [9.17, 15) is 49.0 Å². The number of hydrogen-bond acceptors (Lipinski definition) is 9. The number of ether oxygens (including phenoxy) is 2. The number of halogens is 11. The Morgan fingerprint density at radius 2 is 1.54 bits per heavy atom. The summed E-state index contributed by atoms with van der Waals surface area (Å²) in [7, 11) is 1.44. The number of phenolic OH excluding ortho intramolecular Hbond substituents is 1. The van der Waals surface area contributed by atoms with Gasteiger partial charge < -0.3 is 24.8 Å². The van der Waals surface area contributed by atoms with Crippen LogP contribution in [-0.4, -0.2) is 107 Å². The van der Waals surface area contributed by atoms with Crippen molar-refractivity contribution in [1.82, 2.24) is 25.2 Å². The molecule has 0 spiro atoms. The van der Waals surface area contributed by atoms with Crippen LogP contribution < -0.4 is 15.0 Å². The first kappa shape index (κ1) is 47.3. The Bertz CT molecular complexity index is 2200. The van der Waals surface area contributed by atoms with Gasteiger partial charge in [0.1, 0.15) is 28.6 Å². The summed E-state index contributed by atoms with van der Waals surface area (Å²) in [6.07, 6.45) is -13.8. The SMILES string of the molecule is C#Cc1c(F)ccc2cc(O)cc(-c3nc4c5c(nc(OC)nc5c3F)N3CCNCC3CC4)c12.CC.CC.FC(F)(F)C(O[C@@H]1CC2CCCN2C1)(C(F)(F)F)C(F)(F)F. The van der Waals surface area contributed by atoms with E-state index in [0.29, 0.717) is 60.0 Å². The average molecular weight is 879 g/mol. The monoisotopic (exact) mass is 878 g/mol. The number of nitrogens with one attached hydrogen (secondary N) is 1. The van der Waals surface area contributed by atoms with Crippen molar-refractivity contribution in [3.8, 4) is 35.4 Å². The number of pyridine rings is 1. The van der Waals surface area contributed by atoms with Crippen molar-refractivity contribution < 1.29 is 62.9 Å². The van der Waals surface area contributed by atoms with Gasteiger partial charge in [-0.15, -0.1) is 6.42 Å². The number of fused-ring (bicyclic) bond motifs is 4. The number of benzene rings is 2.